The lowest BCUT2D eigenvalue weighted by Gasteiger charge is -2.33. The van der Waals surface area contributed by atoms with Crippen molar-refractivity contribution >= 4 is 23.1 Å². The Morgan fingerprint density at radius 3 is 3.06 bits per heavy atom. The van der Waals surface area contributed by atoms with E-state index >= 15 is 0 Å². The van der Waals surface area contributed by atoms with Crippen LogP contribution < -0.4 is 10.6 Å². The Morgan fingerprint density at radius 1 is 1.47 bits per heavy atom. The van der Waals surface area contributed by atoms with E-state index in [1.807, 2.05) is 17.8 Å². The van der Waals surface area contributed by atoms with E-state index in [-0.39, 0.29) is 0 Å². The molecular weight excluding hydrogens is 228 g/mol. The van der Waals surface area contributed by atoms with E-state index in [9.17, 15) is 0 Å². The molecule has 1 aromatic carbocycles. The van der Waals surface area contributed by atoms with E-state index in [2.05, 4.69) is 30.9 Å². The van der Waals surface area contributed by atoms with Gasteiger partial charge in [-0.25, -0.2) is 0 Å². The highest BCUT2D eigenvalue weighted by Gasteiger charge is 2.18. The predicted molar refractivity (Wildman–Crippen MR) is 77.9 cm³/mol. The van der Waals surface area contributed by atoms with Crippen LogP contribution in [0.1, 0.15) is 26.7 Å². The fraction of sp³-hybridized carbons (Fsp3) is 0.571. The summed E-state index contributed by atoms with van der Waals surface area (Å²) in [6, 6.07) is 6.29. The van der Waals surface area contributed by atoms with Gasteiger partial charge in [0.15, 0.2) is 0 Å². The number of fused-ring (bicyclic) bond motifs is 1. The Labute approximate surface area is 109 Å². The monoisotopic (exact) mass is 250 g/mol. The molecule has 0 spiro atoms. The van der Waals surface area contributed by atoms with Crippen molar-refractivity contribution in [2.45, 2.75) is 31.6 Å². The van der Waals surface area contributed by atoms with E-state index in [1.54, 1.807) is 0 Å². The second-order valence-corrected chi connectivity index (χ2v) is 6.05. The smallest absolute Gasteiger partial charge is 0.0525 e. The summed E-state index contributed by atoms with van der Waals surface area (Å²) in [4.78, 5) is 3.89. The molecule has 1 atom stereocenters. The number of anilines is 2. The van der Waals surface area contributed by atoms with Gasteiger partial charge in [0.1, 0.15) is 0 Å². The number of nitrogens with zero attached hydrogens (tertiary/aromatic N) is 1. The molecule has 0 saturated heterocycles. The van der Waals surface area contributed by atoms with E-state index in [0.29, 0.717) is 0 Å². The third-order valence-electron chi connectivity index (χ3n) is 3.26. The van der Waals surface area contributed by atoms with Gasteiger partial charge in [-0.15, -0.1) is 11.8 Å². The largest absolute Gasteiger partial charge is 0.399 e. The van der Waals surface area contributed by atoms with Crippen molar-refractivity contribution < 1.29 is 0 Å². The molecule has 1 aromatic rings. The van der Waals surface area contributed by atoms with E-state index in [4.69, 9.17) is 5.73 Å². The minimum Gasteiger partial charge on any atom is -0.399 e. The van der Waals surface area contributed by atoms with Crippen molar-refractivity contribution in [2.75, 3.05) is 29.5 Å². The topological polar surface area (TPSA) is 29.3 Å². The summed E-state index contributed by atoms with van der Waals surface area (Å²) in [6.07, 6.45) is 2.58. The molecule has 0 radical (unpaired) electrons. The molecule has 1 heterocycles. The highest BCUT2D eigenvalue weighted by atomic mass is 32.2. The number of hydrogen-bond donors (Lipinski definition) is 1. The van der Waals surface area contributed by atoms with Crippen LogP contribution in [0.15, 0.2) is 23.1 Å². The second-order valence-electron chi connectivity index (χ2n) is 4.92. The first-order valence-corrected chi connectivity index (χ1v) is 7.46. The van der Waals surface area contributed by atoms with Crippen LogP contribution >= 0.6 is 11.8 Å². The average Bonchev–Trinajstić information content (AvgIpc) is 2.30. The van der Waals surface area contributed by atoms with E-state index in [1.165, 1.54) is 29.2 Å². The van der Waals surface area contributed by atoms with Crippen LogP contribution in [0, 0.1) is 5.92 Å². The van der Waals surface area contributed by atoms with E-state index < -0.39 is 0 Å². The quantitative estimate of drug-likeness (QED) is 0.828. The first-order valence-electron chi connectivity index (χ1n) is 6.48. The van der Waals surface area contributed by atoms with Gasteiger partial charge < -0.3 is 10.6 Å². The lowest BCUT2D eigenvalue weighted by molar-refractivity contribution is 0.514. The molecule has 2 nitrogen and oxygen atoms in total. The third-order valence-corrected chi connectivity index (χ3v) is 4.30. The summed E-state index contributed by atoms with van der Waals surface area (Å²) in [5, 5.41) is 0. The van der Waals surface area contributed by atoms with Crippen LogP contribution in [-0.2, 0) is 0 Å². The molecule has 17 heavy (non-hydrogen) atoms. The zero-order valence-electron chi connectivity index (χ0n) is 10.8. The predicted octanol–water partition coefficient (Wildman–Crippen LogP) is 3.62. The Hall–Kier alpha value is -0.830. The molecule has 3 heteroatoms. The molecule has 94 valence electrons. The minimum absolute atomic E-state index is 0.761. The summed E-state index contributed by atoms with van der Waals surface area (Å²) in [5.41, 5.74) is 8.11. The molecule has 0 aliphatic carbocycles. The Kier molecular flexibility index (Phi) is 4.21. The maximum atomic E-state index is 5.90. The van der Waals surface area contributed by atoms with Crippen molar-refractivity contribution in [1.29, 1.82) is 0 Å². The molecule has 1 unspecified atom stereocenters. The number of nitrogens with two attached hydrogens (primary N) is 1. The average molecular weight is 250 g/mol. The van der Waals surface area contributed by atoms with Gasteiger partial charge in [0.25, 0.3) is 0 Å². The summed E-state index contributed by atoms with van der Waals surface area (Å²) in [6.45, 7) is 6.91. The molecule has 0 fully saturated rings. The minimum atomic E-state index is 0.761. The van der Waals surface area contributed by atoms with Crippen LogP contribution in [-0.4, -0.2) is 18.8 Å². The molecule has 0 amide bonds. The van der Waals surface area contributed by atoms with Crippen molar-refractivity contribution in [3.63, 3.8) is 0 Å². The second kappa shape index (κ2) is 5.67. The first-order chi connectivity index (χ1) is 8.20. The third kappa shape index (κ3) is 3.09. The van der Waals surface area contributed by atoms with Gasteiger partial charge in [0.2, 0.25) is 0 Å². The number of hydrogen-bond acceptors (Lipinski definition) is 3. The SMILES string of the molecule is CCCC(C)CN1CCSc2ccc(N)cc21. The fourth-order valence-corrected chi connectivity index (χ4v) is 3.47. The summed E-state index contributed by atoms with van der Waals surface area (Å²) in [7, 11) is 0. The first kappa shape index (κ1) is 12.6. The lowest BCUT2D eigenvalue weighted by atomic mass is 10.1. The molecule has 1 aliphatic rings. The number of rotatable bonds is 4. The van der Waals surface area contributed by atoms with Gasteiger partial charge in [-0.05, 0) is 30.5 Å². The molecule has 2 rings (SSSR count). The summed E-state index contributed by atoms with van der Waals surface area (Å²) in [5.74, 6) is 1.95. The zero-order valence-corrected chi connectivity index (χ0v) is 11.6. The number of nitrogen functional groups attached to an aromatic ring is 1. The highest BCUT2D eigenvalue weighted by Crippen LogP contribution is 2.36. The van der Waals surface area contributed by atoms with Crippen LogP contribution in [0.25, 0.3) is 0 Å². The van der Waals surface area contributed by atoms with Crippen LogP contribution in [0.2, 0.25) is 0 Å². The van der Waals surface area contributed by atoms with Crippen LogP contribution in [0.3, 0.4) is 0 Å². The summed E-state index contributed by atoms with van der Waals surface area (Å²) >= 11 is 1.94. The van der Waals surface area contributed by atoms with Gasteiger partial charge in [0, 0.05) is 29.4 Å². The lowest BCUT2D eigenvalue weighted by Crippen LogP contribution is -2.33. The standard InChI is InChI=1S/C14H22N2S/c1-3-4-11(2)10-16-7-8-17-14-6-5-12(15)9-13(14)16/h5-6,9,11H,3-4,7-8,10,15H2,1-2H3. The maximum absolute atomic E-state index is 5.90. The molecule has 0 aromatic heterocycles. The van der Waals surface area contributed by atoms with Crippen LogP contribution in [0.4, 0.5) is 11.4 Å². The number of thioether (sulfide) groups is 1. The van der Waals surface area contributed by atoms with Gasteiger partial charge in [-0.1, -0.05) is 20.3 Å². The molecule has 0 bridgehead atoms. The fourth-order valence-electron chi connectivity index (χ4n) is 2.44. The molecular formula is C14H22N2S. The Bertz CT molecular complexity index is 378. The van der Waals surface area contributed by atoms with Crippen molar-refractivity contribution in [3.8, 4) is 0 Å². The zero-order chi connectivity index (χ0) is 12.3. The van der Waals surface area contributed by atoms with Gasteiger partial charge in [0.05, 0.1) is 5.69 Å². The van der Waals surface area contributed by atoms with E-state index in [0.717, 1.165) is 24.7 Å². The molecule has 0 saturated carbocycles. The van der Waals surface area contributed by atoms with Gasteiger partial charge in [-0.2, -0.15) is 0 Å². The number of benzene rings is 1. The highest BCUT2D eigenvalue weighted by molar-refractivity contribution is 7.99. The van der Waals surface area contributed by atoms with Crippen molar-refractivity contribution in [1.82, 2.24) is 0 Å². The Morgan fingerprint density at radius 2 is 2.29 bits per heavy atom. The van der Waals surface area contributed by atoms with Crippen molar-refractivity contribution in [2.24, 2.45) is 5.92 Å². The molecule has 1 aliphatic heterocycles. The summed E-state index contributed by atoms with van der Waals surface area (Å²) < 4.78 is 0. The molecule has 2 N–H and O–H groups in total. The van der Waals surface area contributed by atoms with Gasteiger partial charge in [-0.3, -0.25) is 0 Å². The van der Waals surface area contributed by atoms with Gasteiger partial charge >= 0.3 is 0 Å². The normalized spacial score (nSPS) is 16.7. The Balaban J connectivity index is 2.13. The van der Waals surface area contributed by atoms with Crippen molar-refractivity contribution in [3.05, 3.63) is 18.2 Å². The van der Waals surface area contributed by atoms with Crippen LogP contribution in [0.5, 0.6) is 0 Å². The maximum Gasteiger partial charge on any atom is 0.0525 e.